The third-order valence-corrected chi connectivity index (χ3v) is 8.07. The van der Waals surface area contributed by atoms with E-state index in [-0.39, 0.29) is 0 Å². The second-order valence-electron chi connectivity index (χ2n) is 7.50. The first kappa shape index (κ1) is 20.0. The maximum Gasteiger partial charge on any atom is 0.127 e. The number of hydrogen-bond donors (Lipinski definition) is 1. The van der Waals surface area contributed by atoms with Crippen molar-refractivity contribution in [2.75, 3.05) is 14.2 Å². The van der Waals surface area contributed by atoms with Gasteiger partial charge in [0.15, 0.2) is 0 Å². The molecule has 4 aromatic rings. The third kappa shape index (κ3) is 2.88. The number of aromatic amines is 1. The number of nitrogens with zero attached hydrogens (tertiary/aromatic N) is 1. The number of aromatic nitrogens is 2. The maximum absolute atomic E-state index is 5.60. The number of benzene rings is 3. The fraction of sp³-hybridized carbons (Fsp3) is 0.0800. The van der Waals surface area contributed by atoms with Gasteiger partial charge in [0.1, 0.15) is 21.3 Å². The molecule has 158 valence electrons. The van der Waals surface area contributed by atoms with Crippen LogP contribution in [0.25, 0.3) is 53.7 Å². The molecule has 0 saturated carbocycles. The first-order valence-electron chi connectivity index (χ1n) is 9.93. The molecule has 0 saturated heterocycles. The summed E-state index contributed by atoms with van der Waals surface area (Å²) >= 11 is 9.07. The van der Waals surface area contributed by atoms with Gasteiger partial charge >= 0.3 is 0 Å². The fourth-order valence-corrected chi connectivity index (χ4v) is 6.40. The van der Waals surface area contributed by atoms with E-state index in [0.29, 0.717) is 0 Å². The topological polar surface area (TPSA) is 47.1 Å². The van der Waals surface area contributed by atoms with Gasteiger partial charge in [0, 0.05) is 42.3 Å². The second kappa shape index (κ2) is 7.47. The lowest BCUT2D eigenvalue weighted by Gasteiger charge is -2.14. The number of para-hydroxylation sites is 2. The minimum Gasteiger partial charge on any atom is -0.497 e. The van der Waals surface area contributed by atoms with Gasteiger partial charge in [0.25, 0.3) is 0 Å². The lowest BCUT2D eigenvalue weighted by molar-refractivity contribution is 0.394. The highest BCUT2D eigenvalue weighted by molar-refractivity contribution is 9.11. The Bertz CT molecular complexity index is 1600. The van der Waals surface area contributed by atoms with Gasteiger partial charge in [0.2, 0.25) is 0 Å². The van der Waals surface area contributed by atoms with E-state index in [0.717, 1.165) is 68.8 Å². The van der Waals surface area contributed by atoms with Crippen molar-refractivity contribution < 1.29 is 9.47 Å². The Kier molecular flexibility index (Phi) is 4.68. The van der Waals surface area contributed by atoms with E-state index >= 15 is 0 Å². The normalized spacial score (nSPS) is 11.8. The van der Waals surface area contributed by atoms with E-state index < -0.39 is 0 Å². The maximum atomic E-state index is 5.60. The summed E-state index contributed by atoms with van der Waals surface area (Å²) < 4.78 is 13.2. The summed E-state index contributed by atoms with van der Waals surface area (Å²) in [7, 11) is 3.35. The van der Waals surface area contributed by atoms with Crippen molar-refractivity contribution in [2.45, 2.75) is 0 Å². The second-order valence-corrected chi connectivity index (χ2v) is 10.2. The van der Waals surface area contributed by atoms with Crippen molar-refractivity contribution >= 4 is 75.2 Å². The van der Waals surface area contributed by atoms with Crippen LogP contribution in [0.2, 0.25) is 0 Å². The predicted octanol–water partition coefficient (Wildman–Crippen LogP) is 8.24. The minimum atomic E-state index is 0.749. The zero-order valence-corrected chi connectivity index (χ0v) is 21.1. The van der Waals surface area contributed by atoms with Gasteiger partial charge < -0.3 is 14.5 Å². The van der Waals surface area contributed by atoms with Crippen molar-refractivity contribution in [2.24, 2.45) is 0 Å². The molecule has 0 bridgehead atoms. The van der Waals surface area contributed by atoms with E-state index in [1.807, 2.05) is 12.1 Å². The molecule has 2 aliphatic rings. The molecule has 7 heteroatoms. The smallest absolute Gasteiger partial charge is 0.127 e. The Morgan fingerprint density at radius 1 is 0.844 bits per heavy atom. The molecule has 0 atom stereocenters. The molecule has 6 rings (SSSR count). The molecule has 1 aromatic heterocycles. The minimum absolute atomic E-state index is 0.749. The Hall–Kier alpha value is -2.61. The van der Waals surface area contributed by atoms with Crippen molar-refractivity contribution in [1.29, 1.82) is 0 Å². The van der Waals surface area contributed by atoms with Crippen LogP contribution >= 0.6 is 43.2 Å². The molecule has 0 unspecified atom stereocenters. The number of halogens is 2. The van der Waals surface area contributed by atoms with Crippen LogP contribution in [-0.2, 0) is 0 Å². The monoisotopic (exact) mass is 566 g/mol. The van der Waals surface area contributed by atoms with Crippen LogP contribution in [0, 0.1) is 0 Å². The SMILES string of the molecule is COc1cc(OC)cc(-c2c3c4cccc(Br)c4nc-3sc3[nH]c4c(Br)cccc4c23)c1. The van der Waals surface area contributed by atoms with Crippen LogP contribution in [-0.4, -0.2) is 24.2 Å². The van der Waals surface area contributed by atoms with Gasteiger partial charge in [-0.25, -0.2) is 4.98 Å². The van der Waals surface area contributed by atoms with Crippen molar-refractivity contribution in [3.63, 3.8) is 0 Å². The van der Waals surface area contributed by atoms with Gasteiger partial charge in [-0.05, 0) is 61.7 Å². The lowest BCUT2D eigenvalue weighted by atomic mass is 9.95. The number of ether oxygens (including phenoxy) is 2. The van der Waals surface area contributed by atoms with Crippen LogP contribution in [0.5, 0.6) is 11.5 Å². The largest absolute Gasteiger partial charge is 0.497 e. The van der Waals surface area contributed by atoms with E-state index in [1.54, 1.807) is 25.6 Å². The van der Waals surface area contributed by atoms with E-state index in [4.69, 9.17) is 14.5 Å². The quantitative estimate of drug-likeness (QED) is 0.234. The van der Waals surface area contributed by atoms with Crippen LogP contribution in [0.4, 0.5) is 0 Å². The van der Waals surface area contributed by atoms with Gasteiger partial charge in [-0.15, -0.1) is 0 Å². The Morgan fingerprint density at radius 3 is 2.25 bits per heavy atom. The number of H-pyrrole nitrogens is 1. The van der Waals surface area contributed by atoms with Gasteiger partial charge in [-0.3, -0.25) is 0 Å². The molecule has 3 aromatic carbocycles. The zero-order chi connectivity index (χ0) is 22.0. The molecule has 3 heterocycles. The number of hydrogen-bond acceptors (Lipinski definition) is 4. The number of methoxy groups -OCH3 is 2. The molecule has 0 spiro atoms. The van der Waals surface area contributed by atoms with Crippen molar-refractivity contribution in [1.82, 2.24) is 9.97 Å². The molecule has 1 N–H and O–H groups in total. The fourth-order valence-electron chi connectivity index (χ4n) is 4.36. The predicted molar refractivity (Wildman–Crippen MR) is 140 cm³/mol. The summed E-state index contributed by atoms with van der Waals surface area (Å²) in [6, 6.07) is 18.5. The third-order valence-electron chi connectivity index (χ3n) is 5.77. The highest BCUT2D eigenvalue weighted by Crippen LogP contribution is 2.51. The number of nitrogens with one attached hydrogen (secondary N) is 1. The van der Waals surface area contributed by atoms with Crippen molar-refractivity contribution in [3.8, 4) is 33.2 Å². The molecule has 2 aliphatic heterocycles. The molecular formula is C25H16Br2N2O2S. The molecule has 0 aliphatic carbocycles. The molecule has 32 heavy (non-hydrogen) atoms. The van der Waals surface area contributed by atoms with Crippen LogP contribution in [0.1, 0.15) is 0 Å². The van der Waals surface area contributed by atoms with E-state index in [1.165, 1.54) is 5.39 Å². The van der Waals surface area contributed by atoms with Crippen molar-refractivity contribution in [3.05, 3.63) is 63.5 Å². The molecule has 4 nitrogen and oxygen atoms in total. The summed E-state index contributed by atoms with van der Waals surface area (Å²) in [5.74, 6) is 1.50. The molecular weight excluding hydrogens is 552 g/mol. The van der Waals surface area contributed by atoms with E-state index in [2.05, 4.69) is 79.3 Å². The Balaban J connectivity index is 1.88. The number of fused-ring (bicyclic) bond motifs is 6. The van der Waals surface area contributed by atoms with Crippen LogP contribution < -0.4 is 9.47 Å². The van der Waals surface area contributed by atoms with Gasteiger partial charge in [-0.1, -0.05) is 35.6 Å². The summed E-state index contributed by atoms with van der Waals surface area (Å²) in [5.41, 5.74) is 5.33. The van der Waals surface area contributed by atoms with Gasteiger partial charge in [0.05, 0.1) is 25.3 Å². The average molecular weight is 568 g/mol. The van der Waals surface area contributed by atoms with Crippen LogP contribution in [0.3, 0.4) is 0 Å². The summed E-state index contributed by atoms with van der Waals surface area (Å²) in [4.78, 5) is 9.71. The first-order chi connectivity index (χ1) is 15.6. The Morgan fingerprint density at radius 2 is 1.53 bits per heavy atom. The zero-order valence-electron chi connectivity index (χ0n) is 17.1. The van der Waals surface area contributed by atoms with Gasteiger partial charge in [-0.2, -0.15) is 0 Å². The Labute approximate surface area is 204 Å². The van der Waals surface area contributed by atoms with Crippen LogP contribution in [0.15, 0.2) is 63.5 Å². The highest BCUT2D eigenvalue weighted by atomic mass is 79.9. The summed E-state index contributed by atoms with van der Waals surface area (Å²) in [6.45, 7) is 0. The molecule has 0 radical (unpaired) electrons. The lowest BCUT2D eigenvalue weighted by Crippen LogP contribution is -1.91. The first-order valence-corrected chi connectivity index (χ1v) is 12.3. The summed E-state index contributed by atoms with van der Waals surface area (Å²) in [6.07, 6.45) is 0. The van der Waals surface area contributed by atoms with E-state index in [9.17, 15) is 0 Å². The molecule has 0 fully saturated rings. The average Bonchev–Trinajstić information content (AvgIpc) is 3.37. The molecule has 0 amide bonds. The standard InChI is InChI=1S/C25H16Br2N2O2S/c1-30-13-9-12(10-14(11-13)31-2)19-20-15-5-3-7-17(26)22(15)28-24(20)32-25-21(19)16-6-4-8-18(27)23(16)29-25/h3-11,28H,1-2H3. The summed E-state index contributed by atoms with van der Waals surface area (Å²) in [5, 5.41) is 4.43. The number of rotatable bonds is 3. The highest BCUT2D eigenvalue weighted by Gasteiger charge is 2.25.